The molecule has 2 aromatic heterocycles. The fourth-order valence-corrected chi connectivity index (χ4v) is 3.15. The van der Waals surface area contributed by atoms with Gasteiger partial charge in [0.15, 0.2) is 11.5 Å². The number of pyridine rings is 1. The van der Waals surface area contributed by atoms with Crippen molar-refractivity contribution >= 4 is 11.8 Å². The van der Waals surface area contributed by atoms with Crippen molar-refractivity contribution in [2.45, 2.75) is 19.9 Å². The van der Waals surface area contributed by atoms with Gasteiger partial charge >= 0.3 is 5.97 Å². The van der Waals surface area contributed by atoms with Crippen LogP contribution in [0.2, 0.25) is 0 Å². The molecule has 0 saturated heterocycles. The van der Waals surface area contributed by atoms with Crippen LogP contribution >= 0.6 is 0 Å². The summed E-state index contributed by atoms with van der Waals surface area (Å²) in [7, 11) is 2.96. The number of carboxylic acid groups (broad SMARTS) is 1. The number of hydrogen-bond donors (Lipinski definition) is 1. The van der Waals surface area contributed by atoms with Crippen molar-refractivity contribution in [3.8, 4) is 22.9 Å². The second-order valence-electron chi connectivity index (χ2n) is 6.20. The van der Waals surface area contributed by atoms with Crippen LogP contribution in [0.3, 0.4) is 0 Å². The normalized spacial score (nSPS) is 10.6. The average molecular weight is 395 g/mol. The molecule has 0 aliphatic rings. The number of carbonyl (C=O) groups excluding carboxylic acids is 1. The molecule has 3 rings (SSSR count). The average Bonchev–Trinajstić information content (AvgIpc) is 3.12. The third-order valence-corrected chi connectivity index (χ3v) is 4.51. The van der Waals surface area contributed by atoms with Crippen LogP contribution in [0, 0.1) is 0 Å². The summed E-state index contributed by atoms with van der Waals surface area (Å²) in [5, 5.41) is 14.2. The molecular formula is C21H21N3O5. The van der Waals surface area contributed by atoms with Gasteiger partial charge in [-0.3, -0.25) is 9.78 Å². The van der Waals surface area contributed by atoms with Gasteiger partial charge < -0.3 is 14.6 Å². The van der Waals surface area contributed by atoms with Gasteiger partial charge in [0.05, 0.1) is 25.5 Å². The van der Waals surface area contributed by atoms with Crippen LogP contribution in [0.4, 0.5) is 0 Å². The molecule has 0 atom stereocenters. The monoisotopic (exact) mass is 395 g/mol. The van der Waals surface area contributed by atoms with Crippen molar-refractivity contribution in [2.75, 3.05) is 14.2 Å². The zero-order valence-electron chi connectivity index (χ0n) is 16.4. The molecule has 0 bridgehead atoms. The molecule has 29 heavy (non-hydrogen) atoms. The van der Waals surface area contributed by atoms with Gasteiger partial charge in [0.25, 0.3) is 0 Å². The highest BCUT2D eigenvalue weighted by molar-refractivity contribution is 5.99. The minimum Gasteiger partial charge on any atom is -0.497 e. The number of carbonyl (C=O) groups is 2. The Morgan fingerprint density at radius 1 is 1.14 bits per heavy atom. The lowest BCUT2D eigenvalue weighted by Crippen LogP contribution is -2.18. The minimum atomic E-state index is -1.15. The smallest absolute Gasteiger partial charge is 0.354 e. The number of carboxylic acids is 1. The first-order valence-electron chi connectivity index (χ1n) is 8.99. The maximum Gasteiger partial charge on any atom is 0.354 e. The van der Waals surface area contributed by atoms with Crippen molar-refractivity contribution in [1.82, 2.24) is 14.8 Å². The Morgan fingerprint density at radius 3 is 2.52 bits per heavy atom. The van der Waals surface area contributed by atoms with Gasteiger partial charge in [0.1, 0.15) is 23.7 Å². The number of aromatic carboxylic acids is 1. The SMILES string of the molecule is CCc1c(-c2ccccn2)nn(CC(=O)c2cc(OC)ccc2OC)c1C(=O)O. The highest BCUT2D eigenvalue weighted by atomic mass is 16.5. The van der Waals surface area contributed by atoms with Gasteiger partial charge in [-0.1, -0.05) is 13.0 Å². The first-order valence-corrected chi connectivity index (χ1v) is 8.99. The topological polar surface area (TPSA) is 104 Å². The Hall–Kier alpha value is -3.68. The second kappa shape index (κ2) is 8.55. The van der Waals surface area contributed by atoms with Gasteiger partial charge in [0, 0.05) is 11.8 Å². The fraction of sp³-hybridized carbons (Fsp3) is 0.238. The van der Waals surface area contributed by atoms with E-state index in [9.17, 15) is 14.7 Å². The number of benzene rings is 1. The molecule has 0 amide bonds. The number of rotatable bonds is 8. The molecule has 0 saturated carbocycles. The van der Waals surface area contributed by atoms with Gasteiger partial charge in [-0.15, -0.1) is 0 Å². The summed E-state index contributed by atoms with van der Waals surface area (Å²) >= 11 is 0. The van der Waals surface area contributed by atoms with E-state index in [0.29, 0.717) is 34.9 Å². The van der Waals surface area contributed by atoms with Crippen molar-refractivity contribution in [2.24, 2.45) is 0 Å². The largest absolute Gasteiger partial charge is 0.497 e. The number of ether oxygens (including phenoxy) is 2. The van der Waals surface area contributed by atoms with E-state index in [0.717, 1.165) is 0 Å². The van der Waals surface area contributed by atoms with E-state index >= 15 is 0 Å². The standard InChI is InChI=1S/C21H21N3O5/c1-4-14-19(16-7-5-6-10-22-16)23-24(20(14)21(26)27)12-17(25)15-11-13(28-2)8-9-18(15)29-3/h5-11H,4,12H2,1-3H3,(H,26,27). The van der Waals surface area contributed by atoms with E-state index in [4.69, 9.17) is 9.47 Å². The summed E-state index contributed by atoms with van der Waals surface area (Å²) in [6.07, 6.45) is 2.05. The molecule has 150 valence electrons. The van der Waals surface area contributed by atoms with Crippen molar-refractivity contribution in [3.63, 3.8) is 0 Å². The summed E-state index contributed by atoms with van der Waals surface area (Å²) in [6.45, 7) is 1.58. The van der Waals surface area contributed by atoms with E-state index in [1.54, 1.807) is 42.6 Å². The van der Waals surface area contributed by atoms with Crippen LogP contribution < -0.4 is 9.47 Å². The van der Waals surface area contributed by atoms with Gasteiger partial charge in [-0.05, 0) is 36.8 Å². The molecule has 0 fully saturated rings. The highest BCUT2D eigenvalue weighted by Crippen LogP contribution is 2.27. The van der Waals surface area contributed by atoms with Gasteiger partial charge in [-0.2, -0.15) is 5.10 Å². The molecule has 0 aliphatic carbocycles. The van der Waals surface area contributed by atoms with E-state index in [1.807, 2.05) is 6.92 Å². The first-order chi connectivity index (χ1) is 14.0. The maximum atomic E-state index is 13.0. The second-order valence-corrected chi connectivity index (χ2v) is 6.20. The van der Waals surface area contributed by atoms with Crippen LogP contribution in [0.5, 0.6) is 11.5 Å². The molecule has 1 aromatic carbocycles. The zero-order chi connectivity index (χ0) is 21.0. The number of methoxy groups -OCH3 is 2. The van der Waals surface area contributed by atoms with E-state index < -0.39 is 5.97 Å². The quantitative estimate of drug-likeness (QED) is 0.585. The summed E-state index contributed by atoms with van der Waals surface area (Å²) in [6, 6.07) is 10.2. The van der Waals surface area contributed by atoms with E-state index in [2.05, 4.69) is 10.1 Å². The third-order valence-electron chi connectivity index (χ3n) is 4.51. The Labute approximate surface area is 167 Å². The highest BCUT2D eigenvalue weighted by Gasteiger charge is 2.25. The minimum absolute atomic E-state index is 0.0247. The lowest BCUT2D eigenvalue weighted by atomic mass is 10.1. The van der Waals surface area contributed by atoms with Crippen LogP contribution in [0.25, 0.3) is 11.4 Å². The maximum absolute atomic E-state index is 13.0. The van der Waals surface area contributed by atoms with Crippen LogP contribution in [-0.2, 0) is 13.0 Å². The zero-order valence-corrected chi connectivity index (χ0v) is 16.4. The molecular weight excluding hydrogens is 374 g/mol. The van der Waals surface area contributed by atoms with E-state index in [1.165, 1.54) is 18.9 Å². The van der Waals surface area contributed by atoms with Crippen molar-refractivity contribution in [3.05, 3.63) is 59.4 Å². The van der Waals surface area contributed by atoms with Crippen LogP contribution in [0.1, 0.15) is 33.3 Å². The predicted octanol–water partition coefficient (Wildman–Crippen LogP) is 3.11. The molecule has 1 N–H and O–H groups in total. The van der Waals surface area contributed by atoms with Crippen molar-refractivity contribution in [1.29, 1.82) is 0 Å². The third kappa shape index (κ3) is 3.96. The predicted molar refractivity (Wildman–Crippen MR) is 106 cm³/mol. The molecule has 8 heteroatoms. The summed E-state index contributed by atoms with van der Waals surface area (Å²) in [5.74, 6) is -0.625. The van der Waals surface area contributed by atoms with Crippen molar-refractivity contribution < 1.29 is 24.2 Å². The van der Waals surface area contributed by atoms with Crippen LogP contribution in [0.15, 0.2) is 42.6 Å². The molecule has 0 unspecified atom stereocenters. The molecule has 2 heterocycles. The molecule has 0 aliphatic heterocycles. The Bertz CT molecular complexity index is 1040. The fourth-order valence-electron chi connectivity index (χ4n) is 3.15. The molecule has 3 aromatic rings. The Kier molecular flexibility index (Phi) is 5.92. The number of ketones is 1. The molecule has 0 spiro atoms. The van der Waals surface area contributed by atoms with Gasteiger partial charge in [-0.25, -0.2) is 9.48 Å². The summed E-state index contributed by atoms with van der Waals surface area (Å²) in [5.41, 5.74) is 1.80. The molecule has 0 radical (unpaired) electrons. The number of nitrogens with zero attached hydrogens (tertiary/aromatic N) is 3. The van der Waals surface area contributed by atoms with E-state index in [-0.39, 0.29) is 23.6 Å². The lowest BCUT2D eigenvalue weighted by molar-refractivity contribution is 0.0681. The lowest BCUT2D eigenvalue weighted by Gasteiger charge is -2.10. The number of aromatic nitrogens is 3. The summed E-state index contributed by atoms with van der Waals surface area (Å²) < 4.78 is 11.7. The number of Topliss-reactive ketones (excluding diaryl/α,β-unsaturated/α-hetero) is 1. The Morgan fingerprint density at radius 2 is 1.93 bits per heavy atom. The Balaban J connectivity index is 2.06. The first kappa shape index (κ1) is 20.1. The summed E-state index contributed by atoms with van der Waals surface area (Å²) in [4.78, 5) is 29.2. The van der Waals surface area contributed by atoms with Crippen LogP contribution in [-0.4, -0.2) is 45.8 Å². The number of hydrogen-bond acceptors (Lipinski definition) is 6. The van der Waals surface area contributed by atoms with Gasteiger partial charge in [0.2, 0.25) is 0 Å². The molecule has 8 nitrogen and oxygen atoms in total.